The first-order chi connectivity index (χ1) is 17.5. The zero-order valence-electron chi connectivity index (χ0n) is 21.1. The van der Waals surface area contributed by atoms with Gasteiger partial charge in [0, 0.05) is 43.7 Å². The molecule has 1 saturated carbocycles. The molecular formula is C27H37FN6OS. The molecule has 1 atom stereocenters. The van der Waals surface area contributed by atoms with Crippen LogP contribution >= 0.6 is 12.2 Å². The number of halogens is 1. The van der Waals surface area contributed by atoms with Gasteiger partial charge in [0.1, 0.15) is 17.5 Å². The van der Waals surface area contributed by atoms with Gasteiger partial charge >= 0.3 is 0 Å². The number of aromatic nitrogens is 2. The fraction of sp³-hybridized carbons (Fsp3) is 0.593. The van der Waals surface area contributed by atoms with Crippen molar-refractivity contribution >= 4 is 34.9 Å². The summed E-state index contributed by atoms with van der Waals surface area (Å²) in [4.78, 5) is 14.4. The number of hydrogen-bond donors (Lipinski definition) is 2. The van der Waals surface area contributed by atoms with Crippen LogP contribution in [0.3, 0.4) is 0 Å². The fourth-order valence-corrected chi connectivity index (χ4v) is 6.00. The Morgan fingerprint density at radius 2 is 1.78 bits per heavy atom. The van der Waals surface area contributed by atoms with E-state index in [0.29, 0.717) is 36.9 Å². The molecule has 2 aliphatic heterocycles. The lowest BCUT2D eigenvalue weighted by molar-refractivity contribution is 0.122. The Bertz CT molecular complexity index is 1040. The number of anilines is 3. The number of rotatable bonds is 6. The van der Waals surface area contributed by atoms with Gasteiger partial charge in [0.05, 0.1) is 13.2 Å². The average molecular weight is 513 g/mol. The van der Waals surface area contributed by atoms with Gasteiger partial charge in [0.2, 0.25) is 5.95 Å². The molecule has 0 radical (unpaired) electrons. The monoisotopic (exact) mass is 512 g/mol. The normalized spacial score (nSPS) is 21.9. The van der Waals surface area contributed by atoms with Crippen LogP contribution in [-0.2, 0) is 10.2 Å². The van der Waals surface area contributed by atoms with Gasteiger partial charge in [-0.2, -0.15) is 9.97 Å². The van der Waals surface area contributed by atoms with Crippen LogP contribution in [0.15, 0.2) is 30.3 Å². The van der Waals surface area contributed by atoms with Crippen LogP contribution in [0.1, 0.15) is 57.4 Å². The fourth-order valence-electron chi connectivity index (χ4n) is 5.84. The molecule has 5 rings (SSSR count). The number of morpholine rings is 1. The third-order valence-corrected chi connectivity index (χ3v) is 8.21. The van der Waals surface area contributed by atoms with Crippen molar-refractivity contribution in [3.8, 4) is 0 Å². The van der Waals surface area contributed by atoms with Gasteiger partial charge in [-0.3, -0.25) is 0 Å². The molecular weight excluding hydrogens is 475 g/mol. The van der Waals surface area contributed by atoms with E-state index in [0.717, 1.165) is 44.1 Å². The van der Waals surface area contributed by atoms with Gasteiger partial charge in [0.25, 0.3) is 0 Å². The summed E-state index contributed by atoms with van der Waals surface area (Å²) in [7, 11) is 0. The molecule has 36 heavy (non-hydrogen) atoms. The zero-order valence-corrected chi connectivity index (χ0v) is 22.0. The first kappa shape index (κ1) is 25.1. The Labute approximate surface area is 218 Å². The third kappa shape index (κ3) is 5.72. The predicted octanol–water partition coefficient (Wildman–Crippen LogP) is 4.63. The standard InChI is InChI=1S/C27H37FN6OS/c1-20-6-2-5-13-34(20)24-18-23(33-14-16-35-17-15-33)30-25(31-24)32-26(36)29-19-27(11-3-4-12-27)21-7-9-22(28)10-8-21/h7-10,18,20H,2-6,11-17,19H2,1H3,(H2,29,30,31,32,36)/t20-/m1/s1. The van der Waals surface area contributed by atoms with Crippen LogP contribution in [0.2, 0.25) is 0 Å². The zero-order chi connectivity index (χ0) is 25.0. The Kier molecular flexibility index (Phi) is 7.86. The first-order valence-electron chi connectivity index (χ1n) is 13.3. The van der Waals surface area contributed by atoms with E-state index < -0.39 is 0 Å². The highest BCUT2D eigenvalue weighted by atomic mass is 32.1. The molecule has 0 bridgehead atoms. The van der Waals surface area contributed by atoms with E-state index in [1.165, 1.54) is 37.7 Å². The van der Waals surface area contributed by atoms with E-state index in [-0.39, 0.29) is 11.2 Å². The summed E-state index contributed by atoms with van der Waals surface area (Å²) in [6, 6.07) is 9.50. The maximum Gasteiger partial charge on any atom is 0.232 e. The minimum atomic E-state index is -0.201. The molecule has 1 aromatic carbocycles. The Morgan fingerprint density at radius 3 is 2.50 bits per heavy atom. The third-order valence-electron chi connectivity index (χ3n) is 7.96. The van der Waals surface area contributed by atoms with Gasteiger partial charge in [-0.15, -0.1) is 0 Å². The van der Waals surface area contributed by atoms with Crippen LogP contribution in [0.4, 0.5) is 22.0 Å². The smallest absolute Gasteiger partial charge is 0.232 e. The van der Waals surface area contributed by atoms with Crippen LogP contribution in [0.5, 0.6) is 0 Å². The molecule has 1 aromatic heterocycles. The molecule has 0 unspecified atom stereocenters. The van der Waals surface area contributed by atoms with Gasteiger partial charge in [-0.1, -0.05) is 25.0 Å². The predicted molar refractivity (Wildman–Crippen MR) is 146 cm³/mol. The van der Waals surface area contributed by atoms with Crippen LogP contribution in [0.25, 0.3) is 0 Å². The molecule has 3 fully saturated rings. The first-order valence-corrected chi connectivity index (χ1v) is 13.7. The molecule has 1 aliphatic carbocycles. The lowest BCUT2D eigenvalue weighted by Crippen LogP contribution is -2.42. The van der Waals surface area contributed by atoms with Crippen LogP contribution in [-0.4, -0.2) is 60.5 Å². The van der Waals surface area contributed by atoms with Crippen molar-refractivity contribution in [2.24, 2.45) is 0 Å². The number of benzene rings is 1. The summed E-state index contributed by atoms with van der Waals surface area (Å²) in [5.74, 6) is 2.17. The average Bonchev–Trinajstić information content (AvgIpc) is 3.39. The second-order valence-corrected chi connectivity index (χ2v) is 10.8. The van der Waals surface area contributed by atoms with E-state index in [9.17, 15) is 4.39 Å². The molecule has 2 aromatic rings. The van der Waals surface area contributed by atoms with Crippen molar-refractivity contribution in [2.75, 3.05) is 54.5 Å². The molecule has 194 valence electrons. The molecule has 0 spiro atoms. The van der Waals surface area contributed by atoms with Crippen molar-refractivity contribution in [1.29, 1.82) is 0 Å². The highest BCUT2D eigenvalue weighted by Crippen LogP contribution is 2.40. The minimum Gasteiger partial charge on any atom is -0.378 e. The van der Waals surface area contributed by atoms with E-state index >= 15 is 0 Å². The van der Waals surface area contributed by atoms with E-state index in [1.807, 2.05) is 12.1 Å². The van der Waals surface area contributed by atoms with Crippen molar-refractivity contribution in [2.45, 2.75) is 63.3 Å². The molecule has 7 nitrogen and oxygen atoms in total. The number of ether oxygens (including phenoxy) is 1. The quantitative estimate of drug-likeness (QED) is 0.544. The Morgan fingerprint density at radius 1 is 1.06 bits per heavy atom. The molecule has 0 amide bonds. The summed E-state index contributed by atoms with van der Waals surface area (Å²) in [5.41, 5.74) is 1.13. The Hall–Kier alpha value is -2.52. The summed E-state index contributed by atoms with van der Waals surface area (Å²) in [5, 5.41) is 7.22. The SMILES string of the molecule is C[C@@H]1CCCCN1c1cc(N2CCOCC2)nc(NC(=S)NCC2(c3ccc(F)cc3)CCCC2)n1. The minimum absolute atomic E-state index is 0.0374. The van der Waals surface area contributed by atoms with Crippen molar-refractivity contribution in [1.82, 2.24) is 15.3 Å². The van der Waals surface area contributed by atoms with Gasteiger partial charge in [0.15, 0.2) is 5.11 Å². The van der Waals surface area contributed by atoms with Gasteiger partial charge in [-0.25, -0.2) is 4.39 Å². The maximum absolute atomic E-state index is 13.5. The van der Waals surface area contributed by atoms with E-state index in [4.69, 9.17) is 26.9 Å². The molecule has 3 heterocycles. The summed E-state index contributed by atoms with van der Waals surface area (Å²) in [6.45, 7) is 7.00. The number of nitrogens with one attached hydrogen (secondary N) is 2. The lowest BCUT2D eigenvalue weighted by atomic mass is 9.79. The number of thiocarbonyl (C=S) groups is 1. The second kappa shape index (κ2) is 11.3. The number of piperidine rings is 1. The summed E-state index contributed by atoms with van der Waals surface area (Å²) in [6.07, 6.45) is 8.07. The van der Waals surface area contributed by atoms with Crippen LogP contribution < -0.4 is 20.4 Å². The van der Waals surface area contributed by atoms with Crippen molar-refractivity contribution in [3.63, 3.8) is 0 Å². The van der Waals surface area contributed by atoms with E-state index in [1.54, 1.807) is 12.1 Å². The number of nitrogens with zero attached hydrogens (tertiary/aromatic N) is 4. The molecule has 3 aliphatic rings. The van der Waals surface area contributed by atoms with Crippen molar-refractivity contribution in [3.05, 3.63) is 41.7 Å². The van der Waals surface area contributed by atoms with E-state index in [2.05, 4.69) is 33.4 Å². The summed E-state index contributed by atoms with van der Waals surface area (Å²) >= 11 is 5.70. The highest BCUT2D eigenvalue weighted by molar-refractivity contribution is 7.80. The molecule has 2 N–H and O–H groups in total. The van der Waals surface area contributed by atoms with Crippen molar-refractivity contribution < 1.29 is 9.13 Å². The summed E-state index contributed by atoms with van der Waals surface area (Å²) < 4.78 is 19.1. The Balaban J connectivity index is 1.32. The lowest BCUT2D eigenvalue weighted by Gasteiger charge is -2.35. The topological polar surface area (TPSA) is 65.6 Å². The molecule has 9 heteroatoms. The van der Waals surface area contributed by atoms with Gasteiger partial charge in [-0.05, 0) is 68.9 Å². The molecule has 2 saturated heterocycles. The maximum atomic E-state index is 13.5. The highest BCUT2D eigenvalue weighted by Gasteiger charge is 2.35. The second-order valence-electron chi connectivity index (χ2n) is 10.3. The van der Waals surface area contributed by atoms with Crippen LogP contribution in [0, 0.1) is 5.82 Å². The number of hydrogen-bond acceptors (Lipinski definition) is 6. The largest absolute Gasteiger partial charge is 0.378 e. The van der Waals surface area contributed by atoms with Gasteiger partial charge < -0.3 is 25.2 Å².